The van der Waals surface area contributed by atoms with Crippen LogP contribution in [0.2, 0.25) is 0 Å². The molecule has 1 fully saturated rings. The molecule has 0 heterocycles. The maximum atomic E-state index is 12.5. The molecule has 1 unspecified atom stereocenters. The number of quaternary nitrogens is 1. The minimum atomic E-state index is -0.725. The predicted octanol–water partition coefficient (Wildman–Crippen LogP) is 0.147. The van der Waals surface area contributed by atoms with E-state index < -0.39 is 5.54 Å². The van der Waals surface area contributed by atoms with Crippen molar-refractivity contribution in [1.82, 2.24) is 10.6 Å². The number of hydrogen-bond donors (Lipinski definition) is 3. The van der Waals surface area contributed by atoms with Crippen LogP contribution in [0.15, 0.2) is 0 Å². The van der Waals surface area contributed by atoms with Crippen LogP contribution < -0.4 is 15.5 Å². The minimum absolute atomic E-state index is 0.0812. The van der Waals surface area contributed by atoms with Gasteiger partial charge in [-0.2, -0.15) is 5.26 Å². The van der Waals surface area contributed by atoms with Crippen LogP contribution in [0.3, 0.4) is 0 Å². The van der Waals surface area contributed by atoms with E-state index in [0.29, 0.717) is 12.8 Å². The van der Waals surface area contributed by atoms with E-state index >= 15 is 0 Å². The van der Waals surface area contributed by atoms with E-state index in [1.807, 2.05) is 27.8 Å². The first-order valence-electron chi connectivity index (χ1n) is 8.45. The lowest BCUT2D eigenvalue weighted by Gasteiger charge is -2.33. The Morgan fingerprint density at radius 3 is 2.30 bits per heavy atom. The summed E-state index contributed by atoms with van der Waals surface area (Å²) in [6.45, 7) is 7.80. The van der Waals surface area contributed by atoms with Crippen LogP contribution in [-0.4, -0.2) is 42.5 Å². The molecular formula is C17H31N4O2+. The lowest BCUT2D eigenvalue weighted by atomic mass is 9.82. The lowest BCUT2D eigenvalue weighted by Crippen LogP contribution is -3.15. The molecule has 1 aliphatic carbocycles. The Morgan fingerprint density at radius 1 is 1.26 bits per heavy atom. The summed E-state index contributed by atoms with van der Waals surface area (Å²) in [4.78, 5) is 25.3. The van der Waals surface area contributed by atoms with Gasteiger partial charge in [0, 0.05) is 5.54 Å². The normalized spacial score (nSPS) is 20.0. The number of rotatable bonds is 5. The quantitative estimate of drug-likeness (QED) is 0.673. The summed E-state index contributed by atoms with van der Waals surface area (Å²) in [5, 5.41) is 15.3. The molecule has 0 radical (unpaired) electrons. The molecule has 1 saturated carbocycles. The summed E-state index contributed by atoms with van der Waals surface area (Å²) >= 11 is 0. The van der Waals surface area contributed by atoms with Crippen LogP contribution in [0.4, 0.5) is 0 Å². The van der Waals surface area contributed by atoms with E-state index in [1.54, 1.807) is 6.92 Å². The molecule has 0 aliphatic heterocycles. The number of carbonyl (C=O) groups excluding carboxylic acids is 2. The van der Waals surface area contributed by atoms with Gasteiger partial charge in [0.2, 0.25) is 0 Å². The van der Waals surface area contributed by atoms with Crippen molar-refractivity contribution in [3.05, 3.63) is 0 Å². The van der Waals surface area contributed by atoms with Gasteiger partial charge in [-0.3, -0.25) is 9.59 Å². The average Bonchev–Trinajstić information content (AvgIpc) is 2.45. The molecule has 1 rings (SSSR count). The summed E-state index contributed by atoms with van der Waals surface area (Å²) < 4.78 is 0. The van der Waals surface area contributed by atoms with Gasteiger partial charge in [-0.1, -0.05) is 19.3 Å². The smallest absolute Gasteiger partial charge is 0.279 e. The van der Waals surface area contributed by atoms with Crippen LogP contribution in [0.25, 0.3) is 0 Å². The first kappa shape index (κ1) is 19.4. The maximum Gasteiger partial charge on any atom is 0.279 e. The molecule has 0 aromatic rings. The summed E-state index contributed by atoms with van der Waals surface area (Å²) in [6.07, 6.45) is 4.49. The lowest BCUT2D eigenvalue weighted by molar-refractivity contribution is -0.886. The van der Waals surface area contributed by atoms with Gasteiger partial charge in [0.1, 0.15) is 5.54 Å². The highest BCUT2D eigenvalue weighted by Gasteiger charge is 2.36. The second-order valence-electron chi connectivity index (χ2n) is 7.79. The Hall–Kier alpha value is -1.61. The first-order chi connectivity index (χ1) is 10.6. The van der Waals surface area contributed by atoms with E-state index in [9.17, 15) is 14.9 Å². The monoisotopic (exact) mass is 323 g/mol. The van der Waals surface area contributed by atoms with Gasteiger partial charge >= 0.3 is 0 Å². The predicted molar refractivity (Wildman–Crippen MR) is 88.7 cm³/mol. The molecule has 0 saturated heterocycles. The molecule has 23 heavy (non-hydrogen) atoms. The molecule has 0 aromatic carbocycles. The molecule has 0 bridgehead atoms. The van der Waals surface area contributed by atoms with Crippen LogP contribution in [0, 0.1) is 11.3 Å². The third-order valence-electron chi connectivity index (χ3n) is 4.37. The molecule has 6 heteroatoms. The highest BCUT2D eigenvalue weighted by atomic mass is 16.2. The number of nitrogens with zero attached hydrogens (tertiary/aromatic N) is 1. The van der Waals surface area contributed by atoms with Crippen LogP contribution in [-0.2, 0) is 9.59 Å². The molecular weight excluding hydrogens is 292 g/mol. The van der Waals surface area contributed by atoms with Crippen molar-refractivity contribution < 1.29 is 14.5 Å². The third-order valence-corrected chi connectivity index (χ3v) is 4.37. The molecule has 1 aliphatic rings. The van der Waals surface area contributed by atoms with Crippen molar-refractivity contribution in [2.45, 2.75) is 76.9 Å². The Kier molecular flexibility index (Phi) is 6.57. The summed E-state index contributed by atoms with van der Waals surface area (Å²) in [7, 11) is 1.83. The second-order valence-corrected chi connectivity index (χ2v) is 7.79. The van der Waals surface area contributed by atoms with Crippen molar-refractivity contribution in [3.63, 3.8) is 0 Å². The third kappa shape index (κ3) is 6.19. The Morgan fingerprint density at radius 2 is 1.83 bits per heavy atom. The SMILES string of the molecule is C[C@H](C(=O)NC1(C#N)CCCCC1)[NH+](C)CC(=O)NC(C)(C)C. The average molecular weight is 323 g/mol. The Balaban J connectivity index is 2.58. The first-order valence-corrected chi connectivity index (χ1v) is 8.45. The molecule has 130 valence electrons. The molecule has 3 N–H and O–H groups in total. The van der Waals surface area contributed by atoms with Crippen molar-refractivity contribution >= 4 is 11.8 Å². The minimum Gasteiger partial charge on any atom is -0.347 e. The summed E-state index contributed by atoms with van der Waals surface area (Å²) in [6, 6.07) is 1.91. The fourth-order valence-electron chi connectivity index (χ4n) is 2.86. The van der Waals surface area contributed by atoms with E-state index in [0.717, 1.165) is 24.2 Å². The fourth-order valence-corrected chi connectivity index (χ4v) is 2.86. The van der Waals surface area contributed by atoms with Gasteiger partial charge < -0.3 is 15.5 Å². The Labute approximate surface area is 139 Å². The number of hydrogen-bond acceptors (Lipinski definition) is 3. The van der Waals surface area contributed by atoms with Crippen LogP contribution in [0.5, 0.6) is 0 Å². The standard InChI is InChI=1S/C17H30N4O2/c1-13(21(5)11-14(22)19-16(2,3)4)15(23)20-17(12-18)9-7-6-8-10-17/h13H,6-11H2,1-5H3,(H,19,22)(H,20,23)/p+1/t13-/m1/s1. The Bertz CT molecular complexity index is 470. The number of amides is 2. The number of nitriles is 1. The fraction of sp³-hybridized carbons (Fsp3) is 0.824. The van der Waals surface area contributed by atoms with Gasteiger partial charge in [-0.05, 0) is 40.5 Å². The van der Waals surface area contributed by atoms with Gasteiger partial charge in [-0.25, -0.2) is 0 Å². The number of carbonyl (C=O) groups is 2. The molecule has 0 aromatic heterocycles. The van der Waals surface area contributed by atoms with Gasteiger partial charge in [0.15, 0.2) is 12.6 Å². The topological polar surface area (TPSA) is 86.4 Å². The van der Waals surface area contributed by atoms with Crippen molar-refractivity contribution in [1.29, 1.82) is 5.26 Å². The van der Waals surface area contributed by atoms with Crippen molar-refractivity contribution in [2.75, 3.05) is 13.6 Å². The van der Waals surface area contributed by atoms with E-state index in [-0.39, 0.29) is 29.9 Å². The van der Waals surface area contributed by atoms with Crippen LogP contribution in [0.1, 0.15) is 59.8 Å². The number of nitrogens with one attached hydrogen (secondary N) is 3. The molecule has 2 amide bonds. The largest absolute Gasteiger partial charge is 0.347 e. The van der Waals surface area contributed by atoms with Crippen molar-refractivity contribution in [2.24, 2.45) is 0 Å². The van der Waals surface area contributed by atoms with Gasteiger partial charge in [-0.15, -0.1) is 0 Å². The summed E-state index contributed by atoms with van der Waals surface area (Å²) in [5.41, 5.74) is -1.01. The van der Waals surface area contributed by atoms with E-state index in [1.165, 1.54) is 0 Å². The van der Waals surface area contributed by atoms with Gasteiger partial charge in [0.25, 0.3) is 11.8 Å². The highest BCUT2D eigenvalue weighted by Crippen LogP contribution is 2.27. The second kappa shape index (κ2) is 7.78. The van der Waals surface area contributed by atoms with E-state index in [4.69, 9.17) is 0 Å². The molecule has 0 spiro atoms. The maximum absolute atomic E-state index is 12.5. The zero-order valence-corrected chi connectivity index (χ0v) is 15.1. The van der Waals surface area contributed by atoms with E-state index in [2.05, 4.69) is 16.7 Å². The molecule has 2 atom stereocenters. The molecule has 6 nitrogen and oxygen atoms in total. The zero-order chi connectivity index (χ0) is 17.7. The number of likely N-dealkylation sites (N-methyl/N-ethyl adjacent to an activating group) is 1. The van der Waals surface area contributed by atoms with Crippen molar-refractivity contribution in [3.8, 4) is 6.07 Å². The summed E-state index contributed by atoms with van der Waals surface area (Å²) in [5.74, 6) is -0.239. The van der Waals surface area contributed by atoms with Crippen LogP contribution >= 0.6 is 0 Å². The zero-order valence-electron chi connectivity index (χ0n) is 15.1. The highest BCUT2D eigenvalue weighted by molar-refractivity contribution is 5.82. The van der Waals surface area contributed by atoms with Gasteiger partial charge in [0.05, 0.1) is 13.1 Å².